The predicted molar refractivity (Wildman–Crippen MR) is 216 cm³/mol. The number of ether oxygens (including phenoxy) is 2. The van der Waals surface area contributed by atoms with Gasteiger partial charge in [-0.1, -0.05) is 6.07 Å². The highest BCUT2D eigenvalue weighted by atomic mass is 16.5. The van der Waals surface area contributed by atoms with Gasteiger partial charge < -0.3 is 25.4 Å². The van der Waals surface area contributed by atoms with Gasteiger partial charge in [0.2, 0.25) is 11.8 Å². The second-order valence-corrected chi connectivity index (χ2v) is 15.5. The lowest BCUT2D eigenvalue weighted by molar-refractivity contribution is -0.136. The van der Waals surface area contributed by atoms with Crippen LogP contribution in [0.2, 0.25) is 0 Å². The number of hydrogen-bond acceptors (Lipinski definition) is 14. The lowest BCUT2D eigenvalue weighted by Gasteiger charge is -2.34. The fourth-order valence-corrected chi connectivity index (χ4v) is 7.81. The first kappa shape index (κ1) is 39.7. The predicted octanol–water partition coefficient (Wildman–Crippen LogP) is 4.84. The van der Waals surface area contributed by atoms with E-state index in [1.165, 1.54) is 0 Å². The number of benzene rings is 1. The second kappa shape index (κ2) is 17.8. The molecule has 2 saturated carbocycles. The molecule has 4 amide bonds. The quantitative estimate of drug-likeness (QED) is 0.0536. The minimum absolute atomic E-state index is 0.0256. The lowest BCUT2D eigenvalue weighted by atomic mass is 9.69. The van der Waals surface area contributed by atoms with Gasteiger partial charge in [0, 0.05) is 80.1 Å². The maximum Gasteiger partial charge on any atom is 0.264 e. The molecular formula is C43H46N8O8. The molecule has 1 atom stereocenters. The van der Waals surface area contributed by atoms with Crippen molar-refractivity contribution in [2.75, 3.05) is 48.9 Å². The van der Waals surface area contributed by atoms with Gasteiger partial charge in [-0.15, -0.1) is 0 Å². The molecule has 16 heteroatoms. The van der Waals surface area contributed by atoms with Crippen LogP contribution in [-0.2, 0) is 23.9 Å². The minimum atomic E-state index is -1.03. The summed E-state index contributed by atoms with van der Waals surface area (Å²) in [5, 5.41) is 13.0. The zero-order chi connectivity index (χ0) is 40.9. The number of carbonyl (C=O) groups excluding carboxylic acids is 6. The van der Waals surface area contributed by atoms with Gasteiger partial charge in [0.25, 0.3) is 11.8 Å². The Hall–Kier alpha value is -6.13. The van der Waals surface area contributed by atoms with E-state index in [2.05, 4.69) is 36.2 Å². The molecule has 4 aromatic rings. The van der Waals surface area contributed by atoms with Gasteiger partial charge in [-0.2, -0.15) is 0 Å². The SMILES string of the molecule is O=C1CCC(N2C(=O)c3cccc(NCCOCCOCCCC(=O)C4CC(CC(=O)c5cnc(Nc6ccc7cnccc7n6)cc5NC5CC5)C4)c3C2=O)C(=O)N1. The third kappa shape index (κ3) is 9.29. The van der Waals surface area contributed by atoms with E-state index in [9.17, 15) is 28.8 Å². The zero-order valence-corrected chi connectivity index (χ0v) is 32.5. The number of amides is 4. The third-order valence-corrected chi connectivity index (χ3v) is 11.2. The van der Waals surface area contributed by atoms with Gasteiger partial charge >= 0.3 is 0 Å². The number of rotatable bonds is 20. The van der Waals surface area contributed by atoms with Crippen LogP contribution in [0.15, 0.2) is 61.1 Å². The van der Waals surface area contributed by atoms with Crippen molar-refractivity contribution < 1.29 is 38.2 Å². The number of nitrogens with one attached hydrogen (secondary N) is 4. The van der Waals surface area contributed by atoms with Crippen LogP contribution in [0.25, 0.3) is 10.9 Å². The molecule has 0 bridgehead atoms. The molecular weight excluding hydrogens is 757 g/mol. The van der Waals surface area contributed by atoms with Gasteiger partial charge in [0.15, 0.2) is 5.78 Å². The normalized spacial score (nSPS) is 19.9. The second-order valence-electron chi connectivity index (χ2n) is 15.5. The summed E-state index contributed by atoms with van der Waals surface area (Å²) in [6, 6.07) is 11.8. The average Bonchev–Trinajstić information content (AvgIpc) is 4.00. The first-order valence-corrected chi connectivity index (χ1v) is 20.3. The van der Waals surface area contributed by atoms with Crippen LogP contribution in [-0.4, -0.2) is 100 Å². The number of imide groups is 2. The van der Waals surface area contributed by atoms with Gasteiger partial charge in [-0.25, -0.2) is 9.97 Å². The minimum Gasteiger partial charge on any atom is -0.382 e. The summed E-state index contributed by atoms with van der Waals surface area (Å²) in [5.74, 6) is -0.583. The summed E-state index contributed by atoms with van der Waals surface area (Å²) in [7, 11) is 0. The number of ketones is 2. The standard InChI is InChI=1S/C43H46N8O8/c52-35(5-2-15-58-17-18-59-16-14-45-32-4-1-3-29-40(32)43(57)51(42(29)56)34-9-11-39(54)50-41(34)55)27-19-25(20-27)21-36(53)30-24-46-38(22-33(30)47-28-7-8-28)49-37-10-6-26-23-44-13-12-31(26)48-37/h1,3-4,6,10,12-13,22-25,27-28,34,45H,2,5,7-9,11,14-21H2,(H,50,54,55)(H2,46,47,48,49). The number of pyridine rings is 3. The van der Waals surface area contributed by atoms with Crippen molar-refractivity contribution in [3.8, 4) is 0 Å². The number of fused-ring (bicyclic) bond motifs is 2. The van der Waals surface area contributed by atoms with Crippen molar-refractivity contribution in [2.24, 2.45) is 11.8 Å². The summed E-state index contributed by atoms with van der Waals surface area (Å²) in [6.45, 7) is 1.81. The van der Waals surface area contributed by atoms with Crippen molar-refractivity contribution in [1.29, 1.82) is 0 Å². The Bertz CT molecular complexity index is 2290. The van der Waals surface area contributed by atoms with Gasteiger partial charge in [-0.05, 0) is 74.8 Å². The van der Waals surface area contributed by atoms with E-state index in [1.54, 1.807) is 36.8 Å². The van der Waals surface area contributed by atoms with Crippen LogP contribution in [0, 0.1) is 11.8 Å². The summed E-state index contributed by atoms with van der Waals surface area (Å²) < 4.78 is 11.3. The molecule has 0 spiro atoms. The summed E-state index contributed by atoms with van der Waals surface area (Å²) >= 11 is 0. The summed E-state index contributed by atoms with van der Waals surface area (Å²) in [4.78, 5) is 90.7. The van der Waals surface area contributed by atoms with E-state index in [0.29, 0.717) is 94.0 Å². The Labute approximate surface area is 340 Å². The highest BCUT2D eigenvalue weighted by molar-refractivity contribution is 6.25. The molecule has 1 aromatic carbocycles. The van der Waals surface area contributed by atoms with E-state index in [0.717, 1.165) is 34.3 Å². The molecule has 1 unspecified atom stereocenters. The smallest absolute Gasteiger partial charge is 0.264 e. The molecule has 306 valence electrons. The number of hydrogen-bond donors (Lipinski definition) is 4. The molecule has 1 saturated heterocycles. The van der Waals surface area contributed by atoms with Crippen LogP contribution < -0.4 is 21.3 Å². The van der Waals surface area contributed by atoms with E-state index in [1.807, 2.05) is 24.3 Å². The number of aromatic nitrogens is 3. The van der Waals surface area contributed by atoms with E-state index < -0.39 is 29.7 Å². The molecule has 3 fully saturated rings. The summed E-state index contributed by atoms with van der Waals surface area (Å²) in [6.07, 6.45) is 10.2. The fraction of sp³-hybridized carbons (Fsp3) is 0.419. The molecule has 59 heavy (non-hydrogen) atoms. The first-order valence-electron chi connectivity index (χ1n) is 20.3. The maximum absolute atomic E-state index is 13.4. The third-order valence-electron chi connectivity index (χ3n) is 11.2. The molecule has 3 aromatic heterocycles. The number of piperidine rings is 1. The number of nitrogens with zero attached hydrogens (tertiary/aromatic N) is 4. The van der Waals surface area contributed by atoms with Crippen LogP contribution >= 0.6 is 0 Å². The monoisotopic (exact) mass is 802 g/mol. The van der Waals surface area contributed by atoms with Crippen molar-refractivity contribution in [2.45, 2.75) is 69.9 Å². The Kier molecular flexibility index (Phi) is 12.0. The fourth-order valence-electron chi connectivity index (χ4n) is 7.81. The van der Waals surface area contributed by atoms with Crippen LogP contribution in [0.1, 0.15) is 88.9 Å². The molecule has 2 aliphatic heterocycles. The molecule has 5 heterocycles. The highest BCUT2D eigenvalue weighted by Crippen LogP contribution is 2.39. The number of Topliss-reactive ketones (excluding diaryl/α,β-unsaturated/α-hetero) is 2. The van der Waals surface area contributed by atoms with Crippen molar-refractivity contribution in [1.82, 2.24) is 25.2 Å². The van der Waals surface area contributed by atoms with Crippen LogP contribution in [0.5, 0.6) is 0 Å². The van der Waals surface area contributed by atoms with Crippen LogP contribution in [0.4, 0.5) is 23.0 Å². The van der Waals surface area contributed by atoms with Gasteiger partial charge in [-0.3, -0.25) is 44.0 Å². The Morgan fingerprint density at radius 3 is 2.53 bits per heavy atom. The van der Waals surface area contributed by atoms with Gasteiger partial charge in [0.05, 0.1) is 47.7 Å². The average molecular weight is 803 g/mol. The maximum atomic E-state index is 13.4. The van der Waals surface area contributed by atoms with E-state index in [-0.39, 0.29) is 47.4 Å². The molecule has 4 aliphatic rings. The summed E-state index contributed by atoms with van der Waals surface area (Å²) in [5.41, 5.74) is 3.03. The first-order chi connectivity index (χ1) is 28.7. The highest BCUT2D eigenvalue weighted by Gasteiger charge is 2.45. The largest absolute Gasteiger partial charge is 0.382 e. The van der Waals surface area contributed by atoms with E-state index >= 15 is 0 Å². The van der Waals surface area contributed by atoms with Crippen LogP contribution in [0.3, 0.4) is 0 Å². The Morgan fingerprint density at radius 1 is 0.881 bits per heavy atom. The molecule has 16 nitrogen and oxygen atoms in total. The Balaban J connectivity index is 0.701. The lowest BCUT2D eigenvalue weighted by Crippen LogP contribution is -2.54. The van der Waals surface area contributed by atoms with Crippen molar-refractivity contribution in [3.63, 3.8) is 0 Å². The molecule has 0 radical (unpaired) electrons. The zero-order valence-electron chi connectivity index (χ0n) is 32.5. The number of carbonyl (C=O) groups is 6. The van der Waals surface area contributed by atoms with Crippen molar-refractivity contribution >= 4 is 69.1 Å². The number of anilines is 4. The Morgan fingerprint density at radius 2 is 1.71 bits per heavy atom. The van der Waals surface area contributed by atoms with Gasteiger partial charge in [0.1, 0.15) is 23.5 Å². The molecule has 4 N–H and O–H groups in total. The van der Waals surface area contributed by atoms with Crippen molar-refractivity contribution in [3.05, 3.63) is 77.7 Å². The molecule has 2 aliphatic carbocycles. The topological polar surface area (TPSA) is 211 Å². The molecule has 8 rings (SSSR count). The van der Waals surface area contributed by atoms with E-state index in [4.69, 9.17) is 9.47 Å².